The number of hydrogen-bond acceptors (Lipinski definition) is 3. The fourth-order valence-corrected chi connectivity index (χ4v) is 2.32. The number of carbonyl (C=O) groups is 2. The molecule has 0 aliphatic carbocycles. The number of carbonyl (C=O) groups excluding carboxylic acids is 1. The Morgan fingerprint density at radius 1 is 1.23 bits per heavy atom. The molecule has 1 amide bonds. The van der Waals surface area contributed by atoms with Crippen molar-refractivity contribution >= 4 is 11.9 Å². The lowest BCUT2D eigenvalue weighted by Crippen LogP contribution is -2.40. The molecular weight excluding hydrogens is 282 g/mol. The molecule has 22 heavy (non-hydrogen) atoms. The normalized spacial score (nSPS) is 14.0. The van der Waals surface area contributed by atoms with Crippen molar-refractivity contribution < 1.29 is 14.7 Å². The van der Waals surface area contributed by atoms with Gasteiger partial charge in [-0.05, 0) is 33.6 Å². The predicted molar refractivity (Wildman–Crippen MR) is 84.6 cm³/mol. The third kappa shape index (κ3) is 4.58. The van der Waals surface area contributed by atoms with Crippen LogP contribution in [0.5, 0.6) is 0 Å². The minimum Gasteiger partial charge on any atom is -0.481 e. The minimum absolute atomic E-state index is 0.170. The van der Waals surface area contributed by atoms with Crippen molar-refractivity contribution in [3.05, 3.63) is 17.0 Å². The van der Waals surface area contributed by atoms with E-state index < -0.39 is 17.9 Å². The van der Waals surface area contributed by atoms with Gasteiger partial charge in [-0.3, -0.25) is 14.3 Å². The summed E-state index contributed by atoms with van der Waals surface area (Å²) >= 11 is 0. The number of amides is 1. The SMILES string of the molecule is Cc1nn(CC(C)C)c(C)c1CC(=O)NC(C)C(C)C(=O)O. The van der Waals surface area contributed by atoms with Crippen LogP contribution < -0.4 is 5.32 Å². The molecule has 0 aromatic carbocycles. The standard InChI is InChI=1S/C16H27N3O3/c1-9(2)8-19-13(6)14(12(5)18-19)7-15(20)17-11(4)10(3)16(21)22/h9-11H,7-8H2,1-6H3,(H,17,20)(H,21,22). The van der Waals surface area contributed by atoms with Crippen molar-refractivity contribution in [2.45, 2.75) is 60.5 Å². The molecule has 0 fully saturated rings. The summed E-state index contributed by atoms with van der Waals surface area (Å²) < 4.78 is 1.94. The lowest BCUT2D eigenvalue weighted by atomic mass is 10.0. The van der Waals surface area contributed by atoms with Gasteiger partial charge < -0.3 is 10.4 Å². The van der Waals surface area contributed by atoms with E-state index in [-0.39, 0.29) is 12.3 Å². The van der Waals surface area contributed by atoms with Gasteiger partial charge in [0.1, 0.15) is 0 Å². The smallest absolute Gasteiger partial charge is 0.308 e. The highest BCUT2D eigenvalue weighted by Crippen LogP contribution is 2.15. The minimum atomic E-state index is -0.912. The van der Waals surface area contributed by atoms with E-state index in [4.69, 9.17) is 5.11 Å². The molecule has 6 nitrogen and oxygen atoms in total. The summed E-state index contributed by atoms with van der Waals surface area (Å²) in [5.74, 6) is -1.22. The quantitative estimate of drug-likeness (QED) is 0.806. The van der Waals surface area contributed by atoms with Crippen LogP contribution in [0.25, 0.3) is 0 Å². The first kappa shape index (κ1) is 18.2. The average Bonchev–Trinajstić information content (AvgIpc) is 2.64. The van der Waals surface area contributed by atoms with Crippen molar-refractivity contribution in [3.8, 4) is 0 Å². The molecule has 0 aliphatic rings. The van der Waals surface area contributed by atoms with Gasteiger partial charge in [0, 0.05) is 23.8 Å². The number of aromatic nitrogens is 2. The molecule has 1 rings (SSSR count). The highest BCUT2D eigenvalue weighted by atomic mass is 16.4. The third-order valence-corrected chi connectivity index (χ3v) is 3.93. The second-order valence-electron chi connectivity index (χ2n) is 6.39. The number of aryl methyl sites for hydroxylation is 1. The largest absolute Gasteiger partial charge is 0.481 e. The second kappa shape index (κ2) is 7.42. The van der Waals surface area contributed by atoms with Gasteiger partial charge in [0.2, 0.25) is 5.91 Å². The summed E-state index contributed by atoms with van der Waals surface area (Å²) in [6, 6.07) is -0.406. The molecule has 1 aromatic rings. The molecule has 0 saturated heterocycles. The molecule has 0 bridgehead atoms. The Bertz CT molecular complexity index is 549. The molecule has 124 valence electrons. The van der Waals surface area contributed by atoms with E-state index in [1.165, 1.54) is 0 Å². The van der Waals surface area contributed by atoms with E-state index in [0.717, 1.165) is 23.5 Å². The fraction of sp³-hybridized carbons (Fsp3) is 0.688. The number of nitrogens with zero attached hydrogens (tertiary/aromatic N) is 2. The van der Waals surface area contributed by atoms with Gasteiger partial charge in [-0.2, -0.15) is 5.10 Å². The van der Waals surface area contributed by atoms with Crippen LogP contribution in [0.2, 0.25) is 0 Å². The molecule has 1 heterocycles. The zero-order valence-electron chi connectivity index (χ0n) is 14.3. The molecule has 2 N–H and O–H groups in total. The summed E-state index contributed by atoms with van der Waals surface area (Å²) in [6.45, 7) is 12.2. The topological polar surface area (TPSA) is 84.2 Å². The van der Waals surface area contributed by atoms with Gasteiger partial charge in [0.15, 0.2) is 0 Å². The monoisotopic (exact) mass is 309 g/mol. The maximum Gasteiger partial charge on any atom is 0.308 e. The number of carboxylic acids is 1. The Labute approximate surface area is 131 Å². The molecule has 0 radical (unpaired) electrons. The van der Waals surface area contributed by atoms with Gasteiger partial charge in [-0.25, -0.2) is 0 Å². The molecule has 2 unspecified atom stereocenters. The van der Waals surface area contributed by atoms with E-state index in [1.54, 1.807) is 13.8 Å². The number of rotatable bonds is 7. The zero-order chi connectivity index (χ0) is 17.0. The van der Waals surface area contributed by atoms with Crippen LogP contribution in [0.15, 0.2) is 0 Å². The maximum atomic E-state index is 12.1. The Hall–Kier alpha value is -1.85. The van der Waals surface area contributed by atoms with E-state index >= 15 is 0 Å². The van der Waals surface area contributed by atoms with Crippen LogP contribution >= 0.6 is 0 Å². The fourth-order valence-electron chi connectivity index (χ4n) is 2.32. The van der Waals surface area contributed by atoms with Crippen LogP contribution in [0.3, 0.4) is 0 Å². The summed E-state index contributed by atoms with van der Waals surface area (Å²) in [7, 11) is 0. The second-order valence-corrected chi connectivity index (χ2v) is 6.39. The van der Waals surface area contributed by atoms with Gasteiger partial charge >= 0.3 is 5.97 Å². The summed E-state index contributed by atoms with van der Waals surface area (Å²) in [5, 5.41) is 16.2. The molecule has 1 aromatic heterocycles. The molecule has 2 atom stereocenters. The Morgan fingerprint density at radius 2 is 1.82 bits per heavy atom. The lowest BCUT2D eigenvalue weighted by Gasteiger charge is -2.17. The first-order valence-corrected chi connectivity index (χ1v) is 7.68. The highest BCUT2D eigenvalue weighted by molar-refractivity contribution is 5.80. The van der Waals surface area contributed by atoms with Crippen LogP contribution in [-0.4, -0.2) is 32.8 Å². The van der Waals surface area contributed by atoms with Gasteiger partial charge in [0.05, 0.1) is 18.0 Å². The first-order chi connectivity index (χ1) is 10.1. The number of nitrogens with one attached hydrogen (secondary N) is 1. The van der Waals surface area contributed by atoms with Crippen molar-refractivity contribution in [1.29, 1.82) is 0 Å². The number of hydrogen-bond donors (Lipinski definition) is 2. The van der Waals surface area contributed by atoms with E-state index in [9.17, 15) is 9.59 Å². The number of carboxylic acid groups (broad SMARTS) is 1. The van der Waals surface area contributed by atoms with Crippen LogP contribution in [0.4, 0.5) is 0 Å². The van der Waals surface area contributed by atoms with Crippen LogP contribution in [0, 0.1) is 25.7 Å². The predicted octanol–water partition coefficient (Wildman–Crippen LogP) is 1.92. The Balaban J connectivity index is 2.76. The highest BCUT2D eigenvalue weighted by Gasteiger charge is 2.22. The molecule has 6 heteroatoms. The third-order valence-electron chi connectivity index (χ3n) is 3.93. The molecule has 0 saturated carbocycles. The Morgan fingerprint density at radius 3 is 2.32 bits per heavy atom. The van der Waals surface area contributed by atoms with E-state index in [1.807, 2.05) is 18.5 Å². The molecule has 0 aliphatic heterocycles. The van der Waals surface area contributed by atoms with E-state index in [2.05, 4.69) is 24.3 Å². The number of aliphatic carboxylic acids is 1. The van der Waals surface area contributed by atoms with Crippen LogP contribution in [-0.2, 0) is 22.6 Å². The average molecular weight is 309 g/mol. The summed E-state index contributed by atoms with van der Waals surface area (Å²) in [6.07, 6.45) is 0.229. The summed E-state index contributed by atoms with van der Waals surface area (Å²) in [4.78, 5) is 23.1. The van der Waals surface area contributed by atoms with E-state index in [0.29, 0.717) is 5.92 Å². The maximum absolute atomic E-state index is 12.1. The zero-order valence-corrected chi connectivity index (χ0v) is 14.3. The van der Waals surface area contributed by atoms with Crippen molar-refractivity contribution in [2.75, 3.05) is 0 Å². The molecular formula is C16H27N3O3. The Kier molecular flexibility index (Phi) is 6.14. The van der Waals surface area contributed by atoms with Crippen molar-refractivity contribution in [3.63, 3.8) is 0 Å². The summed E-state index contributed by atoms with van der Waals surface area (Å²) in [5.41, 5.74) is 2.78. The van der Waals surface area contributed by atoms with Gasteiger partial charge in [0.25, 0.3) is 0 Å². The van der Waals surface area contributed by atoms with Gasteiger partial charge in [-0.1, -0.05) is 13.8 Å². The lowest BCUT2D eigenvalue weighted by molar-refractivity contribution is -0.142. The first-order valence-electron chi connectivity index (χ1n) is 7.68. The van der Waals surface area contributed by atoms with Gasteiger partial charge in [-0.15, -0.1) is 0 Å². The molecule has 0 spiro atoms. The van der Waals surface area contributed by atoms with Crippen LogP contribution in [0.1, 0.15) is 44.6 Å². The van der Waals surface area contributed by atoms with Crippen molar-refractivity contribution in [2.24, 2.45) is 11.8 Å². The van der Waals surface area contributed by atoms with Crippen molar-refractivity contribution in [1.82, 2.24) is 15.1 Å².